The van der Waals surface area contributed by atoms with Crippen LogP contribution in [0.3, 0.4) is 0 Å². The van der Waals surface area contributed by atoms with Gasteiger partial charge < -0.3 is 15.4 Å². The van der Waals surface area contributed by atoms with Gasteiger partial charge in [-0.05, 0) is 44.2 Å². The molecule has 2 N–H and O–H groups in total. The van der Waals surface area contributed by atoms with Crippen molar-refractivity contribution >= 4 is 11.7 Å². The molecule has 5 heteroatoms. The van der Waals surface area contributed by atoms with Gasteiger partial charge in [0, 0.05) is 31.0 Å². The number of hydrogen-bond donors (Lipinski definition) is 2. The molecule has 0 spiro atoms. The molecule has 2 heterocycles. The lowest BCUT2D eigenvalue weighted by molar-refractivity contribution is 0.0536. The summed E-state index contributed by atoms with van der Waals surface area (Å²) in [7, 11) is 0. The molecule has 1 fully saturated rings. The predicted octanol–water partition coefficient (Wildman–Crippen LogP) is 2.23. The first-order chi connectivity index (χ1) is 10.2. The zero-order valence-electron chi connectivity index (χ0n) is 12.9. The van der Waals surface area contributed by atoms with Crippen LogP contribution in [-0.2, 0) is 11.2 Å². The second-order valence-electron chi connectivity index (χ2n) is 5.41. The monoisotopic (exact) mass is 291 g/mol. The smallest absolute Gasteiger partial charge is 0.251 e. The van der Waals surface area contributed by atoms with Crippen LogP contribution in [-0.4, -0.2) is 37.2 Å². The first-order valence-corrected chi connectivity index (χ1v) is 7.83. The highest BCUT2D eigenvalue weighted by Crippen LogP contribution is 2.14. The fraction of sp³-hybridized carbons (Fsp3) is 0.625. The van der Waals surface area contributed by atoms with E-state index in [1.54, 1.807) is 0 Å². The van der Waals surface area contributed by atoms with E-state index in [-0.39, 0.29) is 5.91 Å². The zero-order valence-corrected chi connectivity index (χ0v) is 12.9. The number of nitrogens with one attached hydrogen (secondary N) is 2. The lowest BCUT2D eigenvalue weighted by Crippen LogP contribution is -2.33. The van der Waals surface area contributed by atoms with Gasteiger partial charge in [-0.2, -0.15) is 0 Å². The van der Waals surface area contributed by atoms with E-state index in [9.17, 15) is 4.79 Å². The van der Waals surface area contributed by atoms with E-state index >= 15 is 0 Å². The van der Waals surface area contributed by atoms with Crippen molar-refractivity contribution in [1.82, 2.24) is 10.3 Å². The average Bonchev–Trinajstić information content (AvgIpc) is 2.53. The fourth-order valence-corrected chi connectivity index (χ4v) is 2.48. The van der Waals surface area contributed by atoms with E-state index in [4.69, 9.17) is 4.74 Å². The molecule has 2 rings (SSSR count). The summed E-state index contributed by atoms with van der Waals surface area (Å²) in [4.78, 5) is 16.8. The third-order valence-corrected chi connectivity index (χ3v) is 3.67. The molecule has 1 amide bonds. The van der Waals surface area contributed by atoms with Crippen LogP contribution in [0.1, 0.15) is 42.7 Å². The Labute approximate surface area is 126 Å². The van der Waals surface area contributed by atoms with E-state index < -0.39 is 0 Å². The summed E-state index contributed by atoms with van der Waals surface area (Å²) in [6.45, 7) is 7.13. The van der Waals surface area contributed by atoms with E-state index in [1.807, 2.05) is 26.0 Å². The normalized spacial score (nSPS) is 18.3. The van der Waals surface area contributed by atoms with Gasteiger partial charge in [-0.25, -0.2) is 4.98 Å². The van der Waals surface area contributed by atoms with Gasteiger partial charge in [-0.15, -0.1) is 0 Å². The van der Waals surface area contributed by atoms with Crippen molar-refractivity contribution in [1.29, 1.82) is 0 Å². The Morgan fingerprint density at radius 1 is 1.43 bits per heavy atom. The molecule has 1 saturated heterocycles. The van der Waals surface area contributed by atoms with Crippen molar-refractivity contribution in [2.45, 2.75) is 33.1 Å². The van der Waals surface area contributed by atoms with Crippen molar-refractivity contribution in [3.05, 3.63) is 23.4 Å². The molecule has 1 aromatic heterocycles. The number of anilines is 1. The highest BCUT2D eigenvalue weighted by atomic mass is 16.5. The molecule has 1 aliphatic heterocycles. The number of rotatable bonds is 6. The molecular formula is C16H25N3O2. The quantitative estimate of drug-likeness (QED) is 0.843. The largest absolute Gasteiger partial charge is 0.381 e. The Balaban J connectivity index is 1.98. The average molecular weight is 291 g/mol. The van der Waals surface area contributed by atoms with Gasteiger partial charge in [0.1, 0.15) is 5.82 Å². The molecule has 5 nitrogen and oxygen atoms in total. The van der Waals surface area contributed by atoms with Crippen molar-refractivity contribution in [3.8, 4) is 0 Å². The number of aromatic nitrogens is 1. The molecule has 21 heavy (non-hydrogen) atoms. The van der Waals surface area contributed by atoms with Crippen LogP contribution in [0.4, 0.5) is 5.82 Å². The number of amides is 1. The van der Waals surface area contributed by atoms with Crippen molar-refractivity contribution in [2.75, 3.05) is 31.6 Å². The Morgan fingerprint density at radius 3 is 2.95 bits per heavy atom. The van der Waals surface area contributed by atoms with Gasteiger partial charge in [0.15, 0.2) is 0 Å². The van der Waals surface area contributed by atoms with E-state index in [0.717, 1.165) is 50.5 Å². The number of carbonyl (C=O) groups is 1. The molecule has 1 atom stereocenters. The number of carbonyl (C=O) groups excluding carboxylic acids is 1. The van der Waals surface area contributed by atoms with Crippen molar-refractivity contribution in [2.24, 2.45) is 5.92 Å². The van der Waals surface area contributed by atoms with Gasteiger partial charge >= 0.3 is 0 Å². The Hall–Kier alpha value is -1.62. The van der Waals surface area contributed by atoms with Gasteiger partial charge in [0.25, 0.3) is 5.91 Å². The van der Waals surface area contributed by atoms with Gasteiger partial charge in [0.05, 0.1) is 6.61 Å². The minimum atomic E-state index is -0.0307. The van der Waals surface area contributed by atoms with Crippen LogP contribution in [0.25, 0.3) is 0 Å². The second kappa shape index (κ2) is 7.98. The summed E-state index contributed by atoms with van der Waals surface area (Å²) in [6.07, 6.45) is 3.02. The number of nitrogens with zero attached hydrogens (tertiary/aromatic N) is 1. The van der Waals surface area contributed by atoms with Crippen molar-refractivity contribution in [3.63, 3.8) is 0 Å². The van der Waals surface area contributed by atoms with E-state index in [1.165, 1.54) is 0 Å². The summed E-state index contributed by atoms with van der Waals surface area (Å²) in [5.41, 5.74) is 1.61. The van der Waals surface area contributed by atoms with Gasteiger partial charge in [-0.3, -0.25) is 4.79 Å². The number of pyridine rings is 1. The minimum absolute atomic E-state index is 0.0307. The predicted molar refractivity (Wildman–Crippen MR) is 83.7 cm³/mol. The number of hydrogen-bond acceptors (Lipinski definition) is 4. The van der Waals surface area contributed by atoms with Crippen LogP contribution in [0.2, 0.25) is 0 Å². The van der Waals surface area contributed by atoms with Crippen LogP contribution >= 0.6 is 0 Å². The highest BCUT2D eigenvalue weighted by molar-refractivity contribution is 5.95. The Morgan fingerprint density at radius 2 is 2.29 bits per heavy atom. The van der Waals surface area contributed by atoms with Crippen LogP contribution in [0.15, 0.2) is 12.1 Å². The van der Waals surface area contributed by atoms with Crippen molar-refractivity contribution < 1.29 is 9.53 Å². The second-order valence-corrected chi connectivity index (χ2v) is 5.41. The molecule has 1 aliphatic rings. The van der Waals surface area contributed by atoms with E-state index in [2.05, 4.69) is 15.6 Å². The molecular weight excluding hydrogens is 266 g/mol. The summed E-state index contributed by atoms with van der Waals surface area (Å²) in [5, 5.41) is 6.19. The molecule has 0 aliphatic carbocycles. The molecule has 1 aromatic rings. The molecule has 0 bridgehead atoms. The summed E-state index contributed by atoms with van der Waals surface area (Å²) >= 11 is 0. The summed E-state index contributed by atoms with van der Waals surface area (Å²) in [6, 6.07) is 3.68. The highest BCUT2D eigenvalue weighted by Gasteiger charge is 2.16. The lowest BCUT2D eigenvalue weighted by Gasteiger charge is -2.22. The lowest BCUT2D eigenvalue weighted by atomic mass is 10.0. The topological polar surface area (TPSA) is 63.2 Å². The van der Waals surface area contributed by atoms with E-state index in [0.29, 0.717) is 18.0 Å². The Bertz CT molecular complexity index is 471. The first-order valence-electron chi connectivity index (χ1n) is 7.83. The fourth-order valence-electron chi connectivity index (χ4n) is 2.48. The van der Waals surface area contributed by atoms with Crippen LogP contribution in [0.5, 0.6) is 0 Å². The Kier molecular flexibility index (Phi) is 5.99. The number of aryl methyl sites for hydroxylation is 1. The van der Waals surface area contributed by atoms with Crippen LogP contribution in [0, 0.1) is 5.92 Å². The molecule has 0 radical (unpaired) electrons. The third kappa shape index (κ3) is 4.70. The molecule has 116 valence electrons. The minimum Gasteiger partial charge on any atom is -0.381 e. The molecule has 0 saturated carbocycles. The van der Waals surface area contributed by atoms with Gasteiger partial charge in [0.2, 0.25) is 0 Å². The summed E-state index contributed by atoms with van der Waals surface area (Å²) < 4.78 is 5.44. The summed E-state index contributed by atoms with van der Waals surface area (Å²) in [5.74, 6) is 1.17. The maximum atomic E-state index is 12.3. The van der Waals surface area contributed by atoms with Gasteiger partial charge in [-0.1, -0.05) is 6.92 Å². The maximum absolute atomic E-state index is 12.3. The third-order valence-electron chi connectivity index (χ3n) is 3.67. The first kappa shape index (κ1) is 15.8. The van der Waals surface area contributed by atoms with Crippen LogP contribution < -0.4 is 10.6 Å². The zero-order chi connectivity index (χ0) is 15.1. The maximum Gasteiger partial charge on any atom is 0.251 e. The molecule has 1 unspecified atom stereocenters. The molecule has 0 aromatic carbocycles. The standard InChI is InChI=1S/C16H25N3O2/c1-3-14-8-13(9-15(19-14)17-4-2)16(20)18-10-12-6-5-7-21-11-12/h8-9,12H,3-7,10-11H2,1-2H3,(H,17,19)(H,18,20). The number of ether oxygens (including phenoxy) is 1. The SMILES string of the molecule is CCNc1cc(C(=O)NCC2CCCOC2)cc(CC)n1.